The molecule has 4 nitrogen and oxygen atoms in total. The van der Waals surface area contributed by atoms with Gasteiger partial charge in [0.05, 0.1) is 14.5 Å². The van der Waals surface area contributed by atoms with Crippen LogP contribution in [-0.2, 0) is 0 Å². The van der Waals surface area contributed by atoms with E-state index in [1.165, 1.54) is 0 Å². The molecule has 20 heavy (non-hydrogen) atoms. The minimum absolute atomic E-state index is 0.162. The number of halogens is 2. The summed E-state index contributed by atoms with van der Waals surface area (Å²) in [6, 6.07) is 11.3. The van der Waals surface area contributed by atoms with Gasteiger partial charge in [0.15, 0.2) is 0 Å². The van der Waals surface area contributed by atoms with Gasteiger partial charge < -0.3 is 10.4 Å². The van der Waals surface area contributed by atoms with Crippen LogP contribution < -0.4 is 5.32 Å². The molecule has 1 heterocycles. The summed E-state index contributed by atoms with van der Waals surface area (Å²) < 4.78 is 1.19. The Bertz CT molecular complexity index is 769. The number of fused-ring (bicyclic) bond motifs is 1. The van der Waals surface area contributed by atoms with E-state index in [-0.39, 0.29) is 5.75 Å². The Kier molecular flexibility index (Phi) is 3.58. The molecule has 0 spiro atoms. The molecule has 0 bridgehead atoms. The average molecular weight is 395 g/mol. The van der Waals surface area contributed by atoms with E-state index < -0.39 is 0 Å². The molecule has 2 aromatic carbocycles. The number of anilines is 2. The van der Waals surface area contributed by atoms with Crippen LogP contribution >= 0.6 is 31.9 Å². The second-order valence-electron chi connectivity index (χ2n) is 4.17. The van der Waals surface area contributed by atoms with Gasteiger partial charge in [-0.15, -0.1) is 0 Å². The third-order valence-electron chi connectivity index (χ3n) is 2.76. The summed E-state index contributed by atoms with van der Waals surface area (Å²) in [5, 5.41) is 13.8. The van der Waals surface area contributed by atoms with E-state index in [9.17, 15) is 5.11 Å². The van der Waals surface area contributed by atoms with E-state index in [0.29, 0.717) is 14.9 Å². The number of nitrogens with one attached hydrogen (secondary N) is 1. The van der Waals surface area contributed by atoms with E-state index in [2.05, 4.69) is 47.1 Å². The van der Waals surface area contributed by atoms with Crippen LogP contribution in [0.4, 0.5) is 11.6 Å². The van der Waals surface area contributed by atoms with E-state index >= 15 is 0 Å². The van der Waals surface area contributed by atoms with Crippen LogP contribution in [0.1, 0.15) is 0 Å². The lowest BCUT2D eigenvalue weighted by Crippen LogP contribution is -1.97. The molecular weight excluding hydrogens is 386 g/mol. The number of hydrogen-bond acceptors (Lipinski definition) is 4. The summed E-state index contributed by atoms with van der Waals surface area (Å²) in [6.07, 6.45) is 1.77. The minimum Gasteiger partial charge on any atom is -0.506 e. The summed E-state index contributed by atoms with van der Waals surface area (Å²) in [6.45, 7) is 0. The van der Waals surface area contributed by atoms with Crippen LogP contribution in [0.5, 0.6) is 5.75 Å². The van der Waals surface area contributed by atoms with E-state index in [1.54, 1.807) is 18.3 Å². The van der Waals surface area contributed by atoms with Gasteiger partial charge in [-0.3, -0.25) is 0 Å². The SMILES string of the molecule is Oc1c(Br)cc(Nc2ncc3ccccc3n2)cc1Br. The maximum Gasteiger partial charge on any atom is 0.227 e. The highest BCUT2D eigenvalue weighted by Crippen LogP contribution is 2.35. The number of hydrogen-bond donors (Lipinski definition) is 2. The standard InChI is InChI=1S/C14H9Br2N3O/c15-10-5-9(6-11(16)13(10)20)18-14-17-7-8-3-1-2-4-12(8)19-14/h1-7,20H,(H,17,18,19). The summed E-state index contributed by atoms with van der Waals surface area (Å²) in [7, 11) is 0. The summed E-state index contributed by atoms with van der Waals surface area (Å²) in [5.41, 5.74) is 1.65. The molecule has 0 radical (unpaired) electrons. The average Bonchev–Trinajstić information content (AvgIpc) is 2.44. The van der Waals surface area contributed by atoms with Crippen molar-refractivity contribution < 1.29 is 5.11 Å². The normalized spacial score (nSPS) is 10.7. The highest BCUT2D eigenvalue weighted by molar-refractivity contribution is 9.11. The Morgan fingerprint density at radius 3 is 2.50 bits per heavy atom. The third-order valence-corrected chi connectivity index (χ3v) is 3.97. The number of benzene rings is 2. The topological polar surface area (TPSA) is 58.0 Å². The van der Waals surface area contributed by atoms with Crippen molar-refractivity contribution in [3.8, 4) is 5.75 Å². The van der Waals surface area contributed by atoms with Crippen LogP contribution in [0.2, 0.25) is 0 Å². The summed E-state index contributed by atoms with van der Waals surface area (Å²) in [5.74, 6) is 0.670. The smallest absolute Gasteiger partial charge is 0.227 e. The predicted octanol–water partition coefficient (Wildman–Crippen LogP) is 4.60. The van der Waals surface area contributed by atoms with Gasteiger partial charge in [-0.25, -0.2) is 9.97 Å². The molecule has 0 saturated carbocycles. The maximum absolute atomic E-state index is 9.69. The Balaban J connectivity index is 1.96. The van der Waals surface area contributed by atoms with Crippen LogP contribution in [0, 0.1) is 0 Å². The van der Waals surface area contributed by atoms with Gasteiger partial charge >= 0.3 is 0 Å². The Labute approximate surface area is 132 Å². The van der Waals surface area contributed by atoms with Crippen molar-refractivity contribution in [2.75, 3.05) is 5.32 Å². The van der Waals surface area contributed by atoms with Crippen molar-refractivity contribution in [2.45, 2.75) is 0 Å². The fourth-order valence-electron chi connectivity index (χ4n) is 1.80. The number of para-hydroxylation sites is 1. The fourth-order valence-corrected chi connectivity index (χ4v) is 2.99. The molecule has 0 aliphatic carbocycles. The lowest BCUT2D eigenvalue weighted by molar-refractivity contribution is 0.468. The van der Waals surface area contributed by atoms with Crippen molar-refractivity contribution in [2.24, 2.45) is 0 Å². The van der Waals surface area contributed by atoms with E-state index in [4.69, 9.17) is 0 Å². The molecular formula is C14H9Br2N3O. The number of aromatic nitrogens is 2. The molecule has 0 saturated heterocycles. The highest BCUT2D eigenvalue weighted by Gasteiger charge is 2.07. The highest BCUT2D eigenvalue weighted by atomic mass is 79.9. The van der Waals surface area contributed by atoms with Crippen molar-refractivity contribution >= 4 is 54.4 Å². The number of nitrogens with zero attached hydrogens (tertiary/aromatic N) is 2. The Hall–Kier alpha value is -1.66. The van der Waals surface area contributed by atoms with Crippen molar-refractivity contribution in [3.05, 3.63) is 51.5 Å². The van der Waals surface area contributed by atoms with E-state index in [0.717, 1.165) is 16.6 Å². The lowest BCUT2D eigenvalue weighted by atomic mass is 10.2. The molecule has 1 aromatic heterocycles. The van der Waals surface area contributed by atoms with Crippen molar-refractivity contribution in [1.82, 2.24) is 9.97 Å². The van der Waals surface area contributed by atoms with Gasteiger partial charge in [-0.05, 0) is 50.1 Å². The molecule has 0 aliphatic rings. The zero-order chi connectivity index (χ0) is 14.1. The predicted molar refractivity (Wildman–Crippen MR) is 86.3 cm³/mol. The van der Waals surface area contributed by atoms with Crippen LogP contribution in [0.3, 0.4) is 0 Å². The first-order valence-corrected chi connectivity index (χ1v) is 7.39. The zero-order valence-corrected chi connectivity index (χ0v) is 13.3. The minimum atomic E-state index is 0.162. The molecule has 2 N–H and O–H groups in total. The molecule has 100 valence electrons. The van der Waals surface area contributed by atoms with Gasteiger partial charge in [0.2, 0.25) is 5.95 Å². The van der Waals surface area contributed by atoms with E-state index in [1.807, 2.05) is 24.3 Å². The molecule has 0 unspecified atom stereocenters. The molecule has 0 fully saturated rings. The van der Waals surface area contributed by atoms with Crippen molar-refractivity contribution in [3.63, 3.8) is 0 Å². The number of aromatic hydroxyl groups is 1. The quantitative estimate of drug-likeness (QED) is 0.623. The molecule has 0 amide bonds. The second kappa shape index (κ2) is 5.38. The van der Waals surface area contributed by atoms with Gasteiger partial charge in [-0.2, -0.15) is 0 Å². The number of rotatable bonds is 2. The zero-order valence-electron chi connectivity index (χ0n) is 10.1. The molecule has 3 aromatic rings. The number of phenolic OH excluding ortho intramolecular Hbond substituents is 1. The summed E-state index contributed by atoms with van der Waals surface area (Å²) >= 11 is 6.58. The molecule has 0 aliphatic heterocycles. The van der Waals surface area contributed by atoms with Gasteiger partial charge in [-0.1, -0.05) is 18.2 Å². The van der Waals surface area contributed by atoms with Gasteiger partial charge in [0.1, 0.15) is 5.75 Å². The van der Waals surface area contributed by atoms with Crippen LogP contribution in [0.15, 0.2) is 51.5 Å². The second-order valence-corrected chi connectivity index (χ2v) is 5.87. The van der Waals surface area contributed by atoms with Crippen LogP contribution in [-0.4, -0.2) is 15.1 Å². The van der Waals surface area contributed by atoms with Gasteiger partial charge in [0.25, 0.3) is 0 Å². The number of phenols is 1. The molecule has 0 atom stereocenters. The lowest BCUT2D eigenvalue weighted by Gasteiger charge is -2.08. The first-order chi connectivity index (χ1) is 9.63. The first-order valence-electron chi connectivity index (χ1n) is 5.80. The van der Waals surface area contributed by atoms with Crippen LogP contribution in [0.25, 0.3) is 10.9 Å². The fraction of sp³-hybridized carbons (Fsp3) is 0. The molecule has 6 heteroatoms. The Morgan fingerprint density at radius 1 is 1.05 bits per heavy atom. The first kappa shape index (κ1) is 13.3. The third kappa shape index (κ3) is 2.62. The van der Waals surface area contributed by atoms with Crippen molar-refractivity contribution in [1.29, 1.82) is 0 Å². The maximum atomic E-state index is 9.69. The molecule has 3 rings (SSSR count). The largest absolute Gasteiger partial charge is 0.506 e. The Morgan fingerprint density at radius 2 is 1.75 bits per heavy atom. The summed E-state index contributed by atoms with van der Waals surface area (Å²) in [4.78, 5) is 8.71. The monoisotopic (exact) mass is 393 g/mol. The van der Waals surface area contributed by atoms with Gasteiger partial charge in [0, 0.05) is 17.3 Å².